The Morgan fingerprint density at radius 3 is 2.39 bits per heavy atom. The maximum absolute atomic E-state index is 12.9. The molecule has 2 aromatic rings. The summed E-state index contributed by atoms with van der Waals surface area (Å²) in [5.74, 6) is -1.04. The van der Waals surface area contributed by atoms with Crippen LogP contribution in [0.1, 0.15) is 5.56 Å². The Morgan fingerprint density at radius 1 is 1.14 bits per heavy atom. The molecule has 1 saturated heterocycles. The van der Waals surface area contributed by atoms with Crippen LogP contribution >= 0.6 is 23.8 Å². The van der Waals surface area contributed by atoms with Gasteiger partial charge in [0.2, 0.25) is 0 Å². The number of amides is 2. The van der Waals surface area contributed by atoms with Crippen LogP contribution in [-0.4, -0.2) is 42.2 Å². The Morgan fingerprint density at radius 2 is 1.79 bits per heavy atom. The van der Waals surface area contributed by atoms with Gasteiger partial charge in [0.05, 0.1) is 12.3 Å². The van der Waals surface area contributed by atoms with E-state index in [1.165, 1.54) is 11.0 Å². The first kappa shape index (κ1) is 20.0. The molecule has 0 atom stereocenters. The lowest BCUT2D eigenvalue weighted by molar-refractivity contribution is -0.122. The summed E-state index contributed by atoms with van der Waals surface area (Å²) >= 11 is 11.1. The summed E-state index contributed by atoms with van der Waals surface area (Å²) in [6.07, 6.45) is 1.53. The highest BCUT2D eigenvalue weighted by Crippen LogP contribution is 2.24. The molecule has 0 saturated carbocycles. The van der Waals surface area contributed by atoms with E-state index in [2.05, 4.69) is 5.32 Å². The van der Waals surface area contributed by atoms with Crippen LogP contribution < -0.4 is 15.1 Å². The lowest BCUT2D eigenvalue weighted by atomic mass is 10.1. The SMILES string of the molecule is CN(CCO)c1ccc(C=C2C(=O)NC(=S)N(c3ccc(Cl)cc3)C2=O)cc1. The van der Waals surface area contributed by atoms with E-state index in [9.17, 15) is 9.59 Å². The number of halogens is 1. The van der Waals surface area contributed by atoms with Gasteiger partial charge in [-0.2, -0.15) is 0 Å². The molecule has 144 valence electrons. The van der Waals surface area contributed by atoms with Crippen molar-refractivity contribution in [2.24, 2.45) is 0 Å². The van der Waals surface area contributed by atoms with Gasteiger partial charge >= 0.3 is 0 Å². The Labute approximate surface area is 173 Å². The lowest BCUT2D eigenvalue weighted by Gasteiger charge is -2.29. The number of carbonyl (C=O) groups excluding carboxylic acids is 2. The summed E-state index contributed by atoms with van der Waals surface area (Å²) in [7, 11) is 1.87. The molecule has 0 aromatic heterocycles. The molecule has 0 spiro atoms. The van der Waals surface area contributed by atoms with Crippen molar-refractivity contribution in [2.45, 2.75) is 0 Å². The second-order valence-electron chi connectivity index (χ2n) is 6.17. The fourth-order valence-electron chi connectivity index (χ4n) is 2.75. The second kappa shape index (κ2) is 8.52. The van der Waals surface area contributed by atoms with Crippen LogP contribution in [0.2, 0.25) is 5.02 Å². The summed E-state index contributed by atoms with van der Waals surface area (Å²) in [5, 5.41) is 12.1. The standard InChI is InChI=1S/C20H18ClN3O3S/c1-23(10-11-25)15-6-2-13(3-7-15)12-17-18(26)22-20(28)24(19(17)27)16-8-4-14(21)5-9-16/h2-9,12,25H,10-11H2,1H3,(H,22,26,28). The highest BCUT2D eigenvalue weighted by atomic mass is 35.5. The normalized spacial score (nSPS) is 15.8. The first-order valence-corrected chi connectivity index (χ1v) is 9.28. The summed E-state index contributed by atoms with van der Waals surface area (Å²) in [4.78, 5) is 28.4. The van der Waals surface area contributed by atoms with Crippen molar-refractivity contribution in [1.82, 2.24) is 5.32 Å². The van der Waals surface area contributed by atoms with E-state index in [0.29, 0.717) is 22.8 Å². The van der Waals surface area contributed by atoms with Crippen LogP contribution in [0.4, 0.5) is 11.4 Å². The molecule has 1 fully saturated rings. The minimum atomic E-state index is -0.540. The third-order valence-corrected chi connectivity index (χ3v) is 4.80. The number of anilines is 2. The van der Waals surface area contributed by atoms with Gasteiger partial charge in [-0.3, -0.25) is 19.8 Å². The van der Waals surface area contributed by atoms with Crippen LogP contribution in [0.15, 0.2) is 54.1 Å². The molecular formula is C20H18ClN3O3S. The van der Waals surface area contributed by atoms with Crippen molar-refractivity contribution in [3.05, 3.63) is 64.7 Å². The molecule has 0 aliphatic carbocycles. The van der Waals surface area contributed by atoms with Crippen molar-refractivity contribution < 1.29 is 14.7 Å². The highest BCUT2D eigenvalue weighted by molar-refractivity contribution is 7.80. The number of nitrogens with zero attached hydrogens (tertiary/aromatic N) is 2. The Bertz CT molecular complexity index is 942. The van der Waals surface area contributed by atoms with E-state index in [1.807, 2.05) is 24.1 Å². The molecule has 28 heavy (non-hydrogen) atoms. The quantitative estimate of drug-likeness (QED) is 0.446. The molecule has 8 heteroatoms. The zero-order valence-corrected chi connectivity index (χ0v) is 16.6. The molecule has 2 aromatic carbocycles. The number of benzene rings is 2. The average molecular weight is 416 g/mol. The highest BCUT2D eigenvalue weighted by Gasteiger charge is 2.34. The number of aliphatic hydroxyl groups excluding tert-OH is 1. The number of nitrogens with one attached hydrogen (secondary N) is 1. The van der Waals surface area contributed by atoms with Gasteiger partial charge in [0.15, 0.2) is 5.11 Å². The first-order chi connectivity index (χ1) is 13.4. The maximum atomic E-state index is 12.9. The van der Waals surface area contributed by atoms with Gasteiger partial charge in [-0.1, -0.05) is 23.7 Å². The van der Waals surface area contributed by atoms with Crippen molar-refractivity contribution in [2.75, 3.05) is 30.0 Å². The lowest BCUT2D eigenvalue weighted by Crippen LogP contribution is -2.54. The minimum Gasteiger partial charge on any atom is -0.395 e. The van der Waals surface area contributed by atoms with E-state index in [4.69, 9.17) is 28.9 Å². The van der Waals surface area contributed by atoms with Gasteiger partial charge in [0.25, 0.3) is 11.8 Å². The molecule has 0 radical (unpaired) electrons. The van der Waals surface area contributed by atoms with E-state index < -0.39 is 11.8 Å². The average Bonchev–Trinajstić information content (AvgIpc) is 2.67. The number of rotatable bonds is 5. The predicted molar refractivity (Wildman–Crippen MR) is 114 cm³/mol. The number of thiocarbonyl (C=S) groups is 1. The number of aliphatic hydroxyl groups is 1. The maximum Gasteiger partial charge on any atom is 0.270 e. The largest absolute Gasteiger partial charge is 0.395 e. The van der Waals surface area contributed by atoms with Crippen LogP contribution in [0.5, 0.6) is 0 Å². The molecule has 0 bridgehead atoms. The number of likely N-dealkylation sites (N-methyl/N-ethyl adjacent to an activating group) is 1. The third-order valence-electron chi connectivity index (χ3n) is 4.27. The summed E-state index contributed by atoms with van der Waals surface area (Å²) in [6, 6.07) is 13.9. The van der Waals surface area contributed by atoms with E-state index >= 15 is 0 Å². The zero-order valence-electron chi connectivity index (χ0n) is 15.1. The monoisotopic (exact) mass is 415 g/mol. The molecule has 2 amide bonds. The fraction of sp³-hybridized carbons (Fsp3) is 0.150. The molecule has 1 heterocycles. The smallest absolute Gasteiger partial charge is 0.270 e. The summed E-state index contributed by atoms with van der Waals surface area (Å²) in [5.41, 5.74) is 2.12. The van der Waals surface area contributed by atoms with Crippen molar-refractivity contribution >= 4 is 58.2 Å². The van der Waals surface area contributed by atoms with E-state index in [-0.39, 0.29) is 17.3 Å². The fourth-order valence-corrected chi connectivity index (χ4v) is 3.16. The van der Waals surface area contributed by atoms with Gasteiger partial charge in [-0.05, 0) is 60.3 Å². The van der Waals surface area contributed by atoms with Crippen LogP contribution in [0, 0.1) is 0 Å². The van der Waals surface area contributed by atoms with Crippen molar-refractivity contribution in [3.8, 4) is 0 Å². The number of hydrogen-bond acceptors (Lipinski definition) is 5. The molecule has 6 nitrogen and oxygen atoms in total. The first-order valence-electron chi connectivity index (χ1n) is 8.50. The van der Waals surface area contributed by atoms with Gasteiger partial charge in [-0.15, -0.1) is 0 Å². The van der Waals surface area contributed by atoms with Gasteiger partial charge in [-0.25, -0.2) is 0 Å². The summed E-state index contributed by atoms with van der Waals surface area (Å²) < 4.78 is 0. The third kappa shape index (κ3) is 4.22. The molecule has 0 unspecified atom stereocenters. The van der Waals surface area contributed by atoms with Crippen LogP contribution in [0.25, 0.3) is 6.08 Å². The zero-order chi connectivity index (χ0) is 20.3. The van der Waals surface area contributed by atoms with E-state index in [0.717, 1.165) is 5.69 Å². The number of hydrogen-bond donors (Lipinski definition) is 2. The molecular weight excluding hydrogens is 398 g/mol. The Balaban J connectivity index is 1.89. The molecule has 3 rings (SSSR count). The van der Waals surface area contributed by atoms with Crippen molar-refractivity contribution in [1.29, 1.82) is 0 Å². The van der Waals surface area contributed by atoms with Gasteiger partial charge in [0.1, 0.15) is 5.57 Å². The predicted octanol–water partition coefficient (Wildman–Crippen LogP) is 2.60. The van der Waals surface area contributed by atoms with Crippen LogP contribution in [-0.2, 0) is 9.59 Å². The van der Waals surface area contributed by atoms with Crippen molar-refractivity contribution in [3.63, 3.8) is 0 Å². The molecule has 1 aliphatic heterocycles. The minimum absolute atomic E-state index is 0.0139. The topological polar surface area (TPSA) is 72.9 Å². The van der Waals surface area contributed by atoms with Gasteiger partial charge in [0, 0.05) is 24.3 Å². The van der Waals surface area contributed by atoms with E-state index in [1.54, 1.807) is 36.4 Å². The second-order valence-corrected chi connectivity index (χ2v) is 6.99. The Kier molecular flexibility index (Phi) is 6.08. The molecule has 1 aliphatic rings. The van der Waals surface area contributed by atoms with Gasteiger partial charge < -0.3 is 10.0 Å². The molecule has 2 N–H and O–H groups in total. The Hall–Kier alpha value is -2.74. The van der Waals surface area contributed by atoms with Crippen LogP contribution in [0.3, 0.4) is 0 Å². The number of carbonyl (C=O) groups is 2. The summed E-state index contributed by atoms with van der Waals surface area (Å²) in [6.45, 7) is 0.562.